The SMILES string of the molecule is Cc1nc2cc(C3(O)CC4CCC(C3)N4C)ccc2o1. The van der Waals surface area contributed by atoms with Crippen LogP contribution in [-0.2, 0) is 5.60 Å². The smallest absolute Gasteiger partial charge is 0.192 e. The van der Waals surface area contributed by atoms with Crippen LogP contribution in [0.25, 0.3) is 11.1 Å². The summed E-state index contributed by atoms with van der Waals surface area (Å²) in [6.45, 7) is 1.85. The van der Waals surface area contributed by atoms with E-state index in [0.717, 1.165) is 29.5 Å². The number of hydrogen-bond donors (Lipinski definition) is 1. The van der Waals surface area contributed by atoms with Gasteiger partial charge in [0.25, 0.3) is 0 Å². The third-order valence-electron chi connectivity index (χ3n) is 5.16. The van der Waals surface area contributed by atoms with Gasteiger partial charge in [0.15, 0.2) is 11.5 Å². The predicted octanol–water partition coefficient (Wildman–Crippen LogP) is 2.58. The molecule has 0 saturated carbocycles. The molecule has 0 radical (unpaired) electrons. The molecular formula is C16H20N2O2. The monoisotopic (exact) mass is 272 g/mol. The van der Waals surface area contributed by atoms with Crippen LogP contribution >= 0.6 is 0 Å². The van der Waals surface area contributed by atoms with Gasteiger partial charge in [0.05, 0.1) is 5.60 Å². The van der Waals surface area contributed by atoms with Crippen LogP contribution < -0.4 is 0 Å². The van der Waals surface area contributed by atoms with E-state index < -0.39 is 5.60 Å². The molecule has 4 rings (SSSR count). The molecule has 1 aromatic heterocycles. The van der Waals surface area contributed by atoms with Gasteiger partial charge in [0, 0.05) is 19.0 Å². The van der Waals surface area contributed by atoms with Crippen LogP contribution in [-0.4, -0.2) is 34.1 Å². The third-order valence-corrected chi connectivity index (χ3v) is 5.16. The summed E-state index contributed by atoms with van der Waals surface area (Å²) in [6.07, 6.45) is 4.05. The van der Waals surface area contributed by atoms with Gasteiger partial charge in [-0.2, -0.15) is 0 Å². The zero-order valence-electron chi connectivity index (χ0n) is 12.0. The summed E-state index contributed by atoms with van der Waals surface area (Å²) in [5.41, 5.74) is 1.92. The molecule has 4 nitrogen and oxygen atoms in total. The Labute approximate surface area is 118 Å². The Morgan fingerprint density at radius 3 is 2.70 bits per heavy atom. The van der Waals surface area contributed by atoms with Crippen LogP contribution in [0.5, 0.6) is 0 Å². The van der Waals surface area contributed by atoms with E-state index in [2.05, 4.69) is 16.9 Å². The molecular weight excluding hydrogens is 252 g/mol. The minimum absolute atomic E-state index is 0.508. The van der Waals surface area contributed by atoms with Gasteiger partial charge >= 0.3 is 0 Å². The van der Waals surface area contributed by atoms with Crippen molar-refractivity contribution in [2.75, 3.05) is 7.05 Å². The molecule has 3 heterocycles. The molecule has 2 aromatic rings. The zero-order valence-corrected chi connectivity index (χ0v) is 12.0. The molecule has 2 bridgehead atoms. The van der Waals surface area contributed by atoms with Crippen molar-refractivity contribution >= 4 is 11.1 Å². The van der Waals surface area contributed by atoms with Crippen molar-refractivity contribution < 1.29 is 9.52 Å². The number of aryl methyl sites for hydroxylation is 1. The molecule has 0 aliphatic carbocycles. The van der Waals surface area contributed by atoms with Crippen LogP contribution in [0.1, 0.15) is 37.1 Å². The maximum atomic E-state index is 11.1. The summed E-state index contributed by atoms with van der Waals surface area (Å²) >= 11 is 0. The van der Waals surface area contributed by atoms with Gasteiger partial charge in [-0.3, -0.25) is 0 Å². The Hall–Kier alpha value is -1.39. The zero-order chi connectivity index (χ0) is 13.9. The number of piperidine rings is 1. The summed E-state index contributed by atoms with van der Waals surface area (Å²) in [5.74, 6) is 0.674. The summed E-state index contributed by atoms with van der Waals surface area (Å²) in [6, 6.07) is 6.94. The van der Waals surface area contributed by atoms with Crippen LogP contribution in [0.15, 0.2) is 22.6 Å². The average molecular weight is 272 g/mol. The lowest BCUT2D eigenvalue weighted by Gasteiger charge is -2.42. The van der Waals surface area contributed by atoms with Gasteiger partial charge in [-0.15, -0.1) is 0 Å². The molecule has 2 fully saturated rings. The van der Waals surface area contributed by atoms with Gasteiger partial charge in [-0.1, -0.05) is 6.07 Å². The van der Waals surface area contributed by atoms with Crippen LogP contribution in [0.4, 0.5) is 0 Å². The normalized spacial score (nSPS) is 34.0. The number of aliphatic hydroxyl groups is 1. The summed E-state index contributed by atoms with van der Waals surface area (Å²) in [4.78, 5) is 6.82. The molecule has 0 spiro atoms. The van der Waals surface area contributed by atoms with Crippen molar-refractivity contribution in [3.63, 3.8) is 0 Å². The van der Waals surface area contributed by atoms with Crippen molar-refractivity contribution in [2.45, 2.75) is 50.3 Å². The Bertz CT molecular complexity index is 650. The Kier molecular flexibility index (Phi) is 2.51. The van der Waals surface area contributed by atoms with Gasteiger partial charge in [0.2, 0.25) is 0 Å². The molecule has 20 heavy (non-hydrogen) atoms. The topological polar surface area (TPSA) is 49.5 Å². The lowest BCUT2D eigenvalue weighted by molar-refractivity contribution is -0.0492. The standard InChI is InChI=1S/C16H20N2O2/c1-10-17-14-7-11(3-6-15(14)20-10)16(19)8-12-4-5-13(9-16)18(12)2/h3,6-7,12-13,19H,4-5,8-9H2,1-2H3. The Morgan fingerprint density at radius 2 is 2.00 bits per heavy atom. The third kappa shape index (κ3) is 1.71. The molecule has 0 amide bonds. The first-order valence-corrected chi connectivity index (χ1v) is 7.37. The number of fused-ring (bicyclic) bond motifs is 3. The first kappa shape index (κ1) is 12.4. The first-order chi connectivity index (χ1) is 9.55. The van der Waals surface area contributed by atoms with Crippen LogP contribution in [0, 0.1) is 6.92 Å². The highest BCUT2D eigenvalue weighted by Crippen LogP contribution is 2.45. The number of oxazole rings is 1. The van der Waals surface area contributed by atoms with E-state index in [1.54, 1.807) is 0 Å². The van der Waals surface area contributed by atoms with Crippen molar-refractivity contribution in [2.24, 2.45) is 0 Å². The maximum Gasteiger partial charge on any atom is 0.192 e. The fourth-order valence-electron chi connectivity index (χ4n) is 4.01. The van der Waals surface area contributed by atoms with Crippen molar-refractivity contribution in [3.05, 3.63) is 29.7 Å². The van der Waals surface area contributed by atoms with Crippen LogP contribution in [0.2, 0.25) is 0 Å². The highest BCUT2D eigenvalue weighted by atomic mass is 16.3. The minimum atomic E-state index is -0.709. The van der Waals surface area contributed by atoms with E-state index in [9.17, 15) is 5.11 Å². The second-order valence-corrected chi connectivity index (χ2v) is 6.41. The molecule has 2 aliphatic heterocycles. The fourth-order valence-corrected chi connectivity index (χ4v) is 4.01. The molecule has 1 aromatic carbocycles. The minimum Gasteiger partial charge on any atom is -0.441 e. The highest BCUT2D eigenvalue weighted by molar-refractivity contribution is 5.73. The van der Waals surface area contributed by atoms with E-state index in [4.69, 9.17) is 4.42 Å². The number of hydrogen-bond acceptors (Lipinski definition) is 4. The number of rotatable bonds is 1. The maximum absolute atomic E-state index is 11.1. The Morgan fingerprint density at radius 1 is 1.30 bits per heavy atom. The lowest BCUT2D eigenvalue weighted by Crippen LogP contribution is -2.47. The molecule has 2 aliphatic rings. The molecule has 2 unspecified atom stereocenters. The predicted molar refractivity (Wildman–Crippen MR) is 76.4 cm³/mol. The summed E-state index contributed by atoms with van der Waals surface area (Å²) in [5, 5.41) is 11.1. The van der Waals surface area contributed by atoms with Gasteiger partial charge in [-0.05, 0) is 50.4 Å². The highest BCUT2D eigenvalue weighted by Gasteiger charge is 2.46. The average Bonchev–Trinajstić information content (AvgIpc) is 2.86. The van der Waals surface area contributed by atoms with Crippen molar-refractivity contribution in [1.82, 2.24) is 9.88 Å². The molecule has 106 valence electrons. The van der Waals surface area contributed by atoms with Gasteiger partial charge in [-0.25, -0.2) is 4.98 Å². The largest absolute Gasteiger partial charge is 0.441 e. The van der Waals surface area contributed by atoms with Gasteiger partial charge < -0.3 is 14.4 Å². The fraction of sp³-hybridized carbons (Fsp3) is 0.562. The summed E-state index contributed by atoms with van der Waals surface area (Å²) < 4.78 is 5.51. The van der Waals surface area contributed by atoms with Crippen molar-refractivity contribution in [1.29, 1.82) is 0 Å². The van der Waals surface area contributed by atoms with E-state index >= 15 is 0 Å². The number of nitrogens with zero attached hydrogens (tertiary/aromatic N) is 2. The second-order valence-electron chi connectivity index (χ2n) is 6.41. The molecule has 2 saturated heterocycles. The van der Waals surface area contributed by atoms with E-state index in [1.807, 2.05) is 25.1 Å². The van der Waals surface area contributed by atoms with E-state index in [-0.39, 0.29) is 0 Å². The lowest BCUT2D eigenvalue weighted by atomic mass is 9.80. The number of aromatic nitrogens is 1. The quantitative estimate of drug-likeness (QED) is 0.867. The Balaban J connectivity index is 1.74. The van der Waals surface area contributed by atoms with Crippen LogP contribution in [0.3, 0.4) is 0 Å². The van der Waals surface area contributed by atoms with E-state index in [0.29, 0.717) is 18.0 Å². The molecule has 1 N–H and O–H groups in total. The first-order valence-electron chi connectivity index (χ1n) is 7.37. The molecule has 2 atom stereocenters. The molecule has 4 heteroatoms. The second kappa shape index (κ2) is 4.06. The number of benzene rings is 1. The summed E-state index contributed by atoms with van der Waals surface area (Å²) in [7, 11) is 2.19. The van der Waals surface area contributed by atoms with E-state index in [1.165, 1.54) is 12.8 Å². The van der Waals surface area contributed by atoms with Crippen molar-refractivity contribution in [3.8, 4) is 0 Å². The van der Waals surface area contributed by atoms with Gasteiger partial charge in [0.1, 0.15) is 5.52 Å².